The third-order valence-electron chi connectivity index (χ3n) is 4.41. The Bertz CT molecular complexity index is 965. The minimum Gasteiger partial charge on any atom is -0.456 e. The summed E-state index contributed by atoms with van der Waals surface area (Å²) < 4.78 is 32.4. The molecule has 0 aromatic heterocycles. The summed E-state index contributed by atoms with van der Waals surface area (Å²) in [5.41, 5.74) is 1.54. The molecule has 0 amide bonds. The van der Waals surface area contributed by atoms with Crippen LogP contribution in [0.5, 0.6) is 5.75 Å². The van der Waals surface area contributed by atoms with E-state index in [1.54, 1.807) is 0 Å². The number of hydrogen-bond donors (Lipinski definition) is 0. The molecule has 0 unspecified atom stereocenters. The van der Waals surface area contributed by atoms with Gasteiger partial charge in [0.05, 0.1) is 13.2 Å². The molecule has 2 aromatic rings. The topological polar surface area (TPSA) is 44.8 Å². The minimum absolute atomic E-state index is 0.178. The lowest BCUT2D eigenvalue weighted by molar-refractivity contribution is 0.0466. The highest BCUT2D eigenvalue weighted by Crippen LogP contribution is 2.65. The Kier molecular flexibility index (Phi) is 4.89. The molecule has 1 fully saturated rings. The van der Waals surface area contributed by atoms with Gasteiger partial charge in [0.2, 0.25) is 0 Å². The van der Waals surface area contributed by atoms with Crippen molar-refractivity contribution in [3.05, 3.63) is 76.0 Å². The second kappa shape index (κ2) is 7.06. The fourth-order valence-electron chi connectivity index (χ4n) is 2.95. The van der Waals surface area contributed by atoms with Crippen LogP contribution in [-0.2, 0) is 13.6 Å². The first-order chi connectivity index (χ1) is 12.9. The van der Waals surface area contributed by atoms with Crippen LogP contribution in [0.25, 0.3) is 11.4 Å². The summed E-state index contributed by atoms with van der Waals surface area (Å²) in [5, 5.41) is 0.461. The molecule has 0 N–H and O–H groups in total. The zero-order chi connectivity index (χ0) is 19.1. The Morgan fingerprint density at radius 1 is 1.04 bits per heavy atom. The molecule has 0 aliphatic carbocycles. The summed E-state index contributed by atoms with van der Waals surface area (Å²) in [6.45, 7) is 4.77. The van der Waals surface area contributed by atoms with Crippen molar-refractivity contribution >= 4 is 34.9 Å². The monoisotopic (exact) mass is 446 g/mol. The summed E-state index contributed by atoms with van der Waals surface area (Å²) in [6.07, 6.45) is 3.77. The van der Waals surface area contributed by atoms with Gasteiger partial charge < -0.3 is 13.8 Å². The van der Waals surface area contributed by atoms with Crippen molar-refractivity contribution in [1.29, 1.82) is 0 Å². The second-order valence-corrected chi connectivity index (χ2v) is 10.3. The third kappa shape index (κ3) is 3.83. The molecule has 0 spiro atoms. The van der Waals surface area contributed by atoms with Gasteiger partial charge in [0, 0.05) is 15.5 Å². The molecule has 1 saturated heterocycles. The van der Waals surface area contributed by atoms with E-state index in [0.717, 1.165) is 15.6 Å². The quantitative estimate of drug-likeness (QED) is 0.494. The smallest absolute Gasteiger partial charge is 0.365 e. The highest BCUT2D eigenvalue weighted by atomic mass is 79.9. The van der Waals surface area contributed by atoms with E-state index in [2.05, 4.69) is 15.9 Å². The molecule has 2 aromatic carbocycles. The zero-order valence-corrected chi connectivity index (χ0v) is 17.6. The maximum atomic E-state index is 13.7. The highest BCUT2D eigenvalue weighted by molar-refractivity contribution is 9.10. The average Bonchev–Trinajstić information content (AvgIpc) is 2.66. The summed E-state index contributed by atoms with van der Waals surface area (Å²) in [5.74, 6) is 1.19. The molecule has 0 bridgehead atoms. The molecule has 140 valence electrons. The van der Waals surface area contributed by atoms with Gasteiger partial charge in [-0.15, -0.1) is 0 Å². The van der Waals surface area contributed by atoms with Gasteiger partial charge in [-0.05, 0) is 35.9 Å². The molecule has 0 saturated carbocycles. The summed E-state index contributed by atoms with van der Waals surface area (Å²) in [4.78, 5) is 0. The number of halogens is 1. The van der Waals surface area contributed by atoms with E-state index < -0.39 is 7.60 Å². The van der Waals surface area contributed by atoms with Crippen LogP contribution in [0.15, 0.2) is 64.8 Å². The van der Waals surface area contributed by atoms with E-state index in [0.29, 0.717) is 30.0 Å². The van der Waals surface area contributed by atoms with Gasteiger partial charge in [-0.25, -0.2) is 0 Å². The predicted octanol–water partition coefficient (Wildman–Crippen LogP) is 6.49. The first-order valence-electron chi connectivity index (χ1n) is 8.71. The molecule has 6 heteroatoms. The molecule has 2 heterocycles. The third-order valence-corrected chi connectivity index (χ3v) is 6.87. The molecule has 2 aliphatic rings. The SMILES string of the molecule is CC1(C)COP(=O)(/C(=C2/C=Cc3cc(Br)ccc3O2)c2ccccc2)OC1. The predicted molar refractivity (Wildman–Crippen MR) is 110 cm³/mol. The van der Waals surface area contributed by atoms with E-state index >= 15 is 0 Å². The van der Waals surface area contributed by atoms with Crippen LogP contribution in [0.2, 0.25) is 0 Å². The molecule has 4 rings (SSSR count). The lowest BCUT2D eigenvalue weighted by Gasteiger charge is -2.35. The molecular weight excluding hydrogens is 427 g/mol. The first-order valence-corrected chi connectivity index (χ1v) is 11.0. The van der Waals surface area contributed by atoms with E-state index in [9.17, 15) is 4.57 Å². The summed E-state index contributed by atoms with van der Waals surface area (Å²) in [7, 11) is -3.52. The number of benzene rings is 2. The second-order valence-electron chi connectivity index (χ2n) is 7.40. The number of allylic oxidation sites excluding steroid dienone is 1. The maximum Gasteiger partial charge on any atom is 0.365 e. The van der Waals surface area contributed by atoms with Gasteiger partial charge in [-0.1, -0.05) is 60.1 Å². The van der Waals surface area contributed by atoms with Crippen LogP contribution in [-0.4, -0.2) is 13.2 Å². The molecule has 0 atom stereocenters. The molecule has 27 heavy (non-hydrogen) atoms. The number of fused-ring (bicyclic) bond motifs is 1. The van der Waals surface area contributed by atoms with Crippen molar-refractivity contribution in [3.8, 4) is 5.75 Å². The Morgan fingerprint density at radius 3 is 2.44 bits per heavy atom. The number of hydrogen-bond acceptors (Lipinski definition) is 4. The lowest BCUT2D eigenvalue weighted by Crippen LogP contribution is -2.29. The van der Waals surface area contributed by atoms with Crippen molar-refractivity contribution in [2.75, 3.05) is 13.2 Å². The summed E-state index contributed by atoms with van der Waals surface area (Å²) in [6, 6.07) is 15.3. The van der Waals surface area contributed by atoms with Crippen LogP contribution >= 0.6 is 23.5 Å². The van der Waals surface area contributed by atoms with Gasteiger partial charge in [0.25, 0.3) is 0 Å². The summed E-state index contributed by atoms with van der Waals surface area (Å²) >= 11 is 3.47. The fraction of sp³-hybridized carbons (Fsp3) is 0.238. The number of ether oxygens (including phenoxy) is 1. The Hall–Kier alpha value is -1.65. The van der Waals surface area contributed by atoms with E-state index in [-0.39, 0.29) is 5.41 Å². The van der Waals surface area contributed by atoms with Crippen LogP contribution < -0.4 is 4.74 Å². The van der Waals surface area contributed by atoms with Crippen LogP contribution in [0.1, 0.15) is 25.0 Å². The van der Waals surface area contributed by atoms with Gasteiger partial charge in [-0.2, -0.15) is 0 Å². The average molecular weight is 447 g/mol. The first kappa shape index (κ1) is 18.7. The molecule has 0 radical (unpaired) electrons. The van der Waals surface area contributed by atoms with Crippen LogP contribution in [0.4, 0.5) is 0 Å². The Balaban J connectivity index is 1.82. The standard InChI is InChI=1S/C21H20BrO4P/c1-21(2)13-24-27(23,25-14-21)20(15-6-4-3-5-7-15)19-10-8-16-12-17(22)9-11-18(16)26-19/h3-12H,13-14H2,1-2H3/b20-19-. The van der Waals surface area contributed by atoms with Crippen LogP contribution in [0, 0.1) is 5.41 Å². The van der Waals surface area contributed by atoms with Gasteiger partial charge in [0.1, 0.15) is 16.8 Å². The minimum atomic E-state index is -3.52. The molecular formula is C21H20BrO4P. The van der Waals surface area contributed by atoms with E-state index in [1.165, 1.54) is 0 Å². The highest BCUT2D eigenvalue weighted by Gasteiger charge is 2.42. The van der Waals surface area contributed by atoms with Crippen molar-refractivity contribution in [2.24, 2.45) is 5.41 Å². The Labute approximate surface area is 167 Å². The van der Waals surface area contributed by atoms with Crippen LogP contribution in [0.3, 0.4) is 0 Å². The van der Waals surface area contributed by atoms with E-state index in [4.69, 9.17) is 13.8 Å². The van der Waals surface area contributed by atoms with Crippen molar-refractivity contribution in [3.63, 3.8) is 0 Å². The molecule has 2 aliphatic heterocycles. The number of rotatable bonds is 2. The zero-order valence-electron chi connectivity index (χ0n) is 15.1. The van der Waals surface area contributed by atoms with E-state index in [1.807, 2.05) is 74.5 Å². The molecule has 4 nitrogen and oxygen atoms in total. The van der Waals surface area contributed by atoms with Crippen molar-refractivity contribution in [1.82, 2.24) is 0 Å². The maximum absolute atomic E-state index is 13.7. The lowest BCUT2D eigenvalue weighted by atomic mass is 9.97. The van der Waals surface area contributed by atoms with Gasteiger partial charge in [0.15, 0.2) is 0 Å². The van der Waals surface area contributed by atoms with Gasteiger partial charge >= 0.3 is 7.60 Å². The normalized spacial score (nSPS) is 21.9. The Morgan fingerprint density at radius 2 is 1.74 bits per heavy atom. The van der Waals surface area contributed by atoms with Gasteiger partial charge in [-0.3, -0.25) is 4.57 Å². The largest absolute Gasteiger partial charge is 0.456 e. The fourth-order valence-corrected chi connectivity index (χ4v) is 5.55. The van der Waals surface area contributed by atoms with Crippen molar-refractivity contribution < 1.29 is 18.3 Å². The van der Waals surface area contributed by atoms with Crippen molar-refractivity contribution in [2.45, 2.75) is 13.8 Å².